The molecule has 0 atom stereocenters. The summed E-state index contributed by atoms with van der Waals surface area (Å²) in [6.07, 6.45) is 2.97. The van der Waals surface area contributed by atoms with Gasteiger partial charge in [0.2, 0.25) is 5.88 Å². The summed E-state index contributed by atoms with van der Waals surface area (Å²) >= 11 is 1.15. The average Bonchev–Trinajstić information content (AvgIpc) is 3.21. The maximum Gasteiger partial charge on any atom is 0.260 e. The van der Waals surface area contributed by atoms with Crippen LogP contribution in [0.4, 0.5) is 16.5 Å². The fraction of sp³-hybridized carbons (Fsp3) is 0.0870. The lowest BCUT2D eigenvalue weighted by Crippen LogP contribution is -2.14. The maximum absolute atomic E-state index is 12.9. The van der Waals surface area contributed by atoms with E-state index in [0.717, 1.165) is 17.3 Å². The van der Waals surface area contributed by atoms with Gasteiger partial charge < -0.3 is 20.1 Å². The van der Waals surface area contributed by atoms with Gasteiger partial charge in [0.1, 0.15) is 28.4 Å². The summed E-state index contributed by atoms with van der Waals surface area (Å²) in [6, 6.07) is 15.8. The smallest absolute Gasteiger partial charge is 0.260 e. The summed E-state index contributed by atoms with van der Waals surface area (Å²) in [5.41, 5.74) is 1.95. The molecule has 4 aromatic rings. The van der Waals surface area contributed by atoms with E-state index in [1.807, 2.05) is 6.07 Å². The molecule has 9 nitrogen and oxygen atoms in total. The quantitative estimate of drug-likeness (QED) is 0.401. The Morgan fingerprint density at radius 1 is 1.03 bits per heavy atom. The van der Waals surface area contributed by atoms with Gasteiger partial charge >= 0.3 is 0 Å². The lowest BCUT2D eigenvalue weighted by molar-refractivity contribution is 0.102. The van der Waals surface area contributed by atoms with E-state index < -0.39 is 0 Å². The molecule has 164 valence electrons. The average molecular weight is 459 g/mol. The maximum atomic E-state index is 12.9. The molecule has 3 heterocycles. The molecule has 2 N–H and O–H groups in total. The van der Waals surface area contributed by atoms with Crippen molar-refractivity contribution in [2.45, 2.75) is 6.92 Å². The number of aryl methyl sites for hydroxylation is 1. The predicted octanol–water partition coefficient (Wildman–Crippen LogP) is 4.91. The Kier molecular flexibility index (Phi) is 6.43. The fourth-order valence-corrected chi connectivity index (χ4v) is 3.65. The SMILES string of the molecule is COc1ccc(Oc2ccc(NC(=O)c3c(C)nsc3Nc3ccc(C#N)cn3)cn2)cc1. The third-order valence-corrected chi connectivity index (χ3v) is 5.35. The van der Waals surface area contributed by atoms with Crippen molar-refractivity contribution in [3.63, 3.8) is 0 Å². The third kappa shape index (κ3) is 5.23. The molecule has 0 saturated carbocycles. The summed E-state index contributed by atoms with van der Waals surface area (Å²) in [4.78, 5) is 21.3. The van der Waals surface area contributed by atoms with E-state index in [0.29, 0.717) is 45.0 Å². The second-order valence-electron chi connectivity index (χ2n) is 6.76. The lowest BCUT2D eigenvalue weighted by atomic mass is 10.2. The van der Waals surface area contributed by atoms with Gasteiger partial charge in [0, 0.05) is 12.3 Å². The summed E-state index contributed by atoms with van der Waals surface area (Å²) in [5, 5.41) is 15.4. The highest BCUT2D eigenvalue weighted by atomic mass is 32.1. The number of carbonyl (C=O) groups excluding carboxylic acids is 1. The minimum Gasteiger partial charge on any atom is -0.497 e. The zero-order valence-electron chi connectivity index (χ0n) is 17.7. The standard InChI is InChI=1S/C23H18N6O3S/c1-14-21(23(33-29-14)28-19-9-3-15(11-24)12-25-19)22(30)27-16-4-10-20(26-13-16)32-18-7-5-17(31-2)6-8-18/h3-10,12-13H,1-2H3,(H,25,28)(H,27,30). The Morgan fingerprint density at radius 3 is 2.45 bits per heavy atom. The van der Waals surface area contributed by atoms with Crippen molar-refractivity contribution in [3.05, 3.63) is 77.7 Å². The van der Waals surface area contributed by atoms with E-state index >= 15 is 0 Å². The van der Waals surface area contributed by atoms with Crippen LogP contribution in [0.5, 0.6) is 17.4 Å². The zero-order chi connectivity index (χ0) is 23.2. The van der Waals surface area contributed by atoms with Crippen molar-refractivity contribution in [3.8, 4) is 23.4 Å². The Labute approximate surface area is 193 Å². The first kappa shape index (κ1) is 21.7. The number of amides is 1. The lowest BCUT2D eigenvalue weighted by Gasteiger charge is -2.09. The number of pyridine rings is 2. The van der Waals surface area contributed by atoms with Gasteiger partial charge in [-0.05, 0) is 60.9 Å². The number of rotatable bonds is 7. The van der Waals surface area contributed by atoms with Gasteiger partial charge in [-0.3, -0.25) is 4.79 Å². The first-order valence-electron chi connectivity index (χ1n) is 9.74. The molecule has 0 bridgehead atoms. The second kappa shape index (κ2) is 9.76. The third-order valence-electron chi connectivity index (χ3n) is 4.50. The minimum atomic E-state index is -0.331. The van der Waals surface area contributed by atoms with E-state index in [9.17, 15) is 4.79 Å². The molecule has 1 amide bonds. The Balaban J connectivity index is 1.43. The number of hydrogen-bond donors (Lipinski definition) is 2. The number of hydrogen-bond acceptors (Lipinski definition) is 9. The number of methoxy groups -OCH3 is 1. The van der Waals surface area contributed by atoms with Crippen molar-refractivity contribution < 1.29 is 14.3 Å². The van der Waals surface area contributed by atoms with Gasteiger partial charge in [-0.15, -0.1) is 0 Å². The van der Waals surface area contributed by atoms with Crippen LogP contribution in [0.25, 0.3) is 0 Å². The first-order chi connectivity index (χ1) is 16.1. The number of benzene rings is 1. The molecule has 1 aromatic carbocycles. The monoisotopic (exact) mass is 458 g/mol. The van der Waals surface area contributed by atoms with Crippen LogP contribution in [0.2, 0.25) is 0 Å². The Morgan fingerprint density at radius 2 is 1.82 bits per heavy atom. The van der Waals surface area contributed by atoms with E-state index in [-0.39, 0.29) is 5.91 Å². The largest absolute Gasteiger partial charge is 0.497 e. The topological polar surface area (TPSA) is 122 Å². The van der Waals surface area contributed by atoms with Gasteiger partial charge in [0.25, 0.3) is 5.91 Å². The molecule has 10 heteroatoms. The molecule has 0 fully saturated rings. The van der Waals surface area contributed by atoms with Crippen LogP contribution in [-0.4, -0.2) is 27.4 Å². The molecule has 33 heavy (non-hydrogen) atoms. The normalized spacial score (nSPS) is 10.2. The van der Waals surface area contributed by atoms with Gasteiger partial charge in [0.15, 0.2) is 0 Å². The molecule has 0 aliphatic rings. The molecular weight excluding hydrogens is 440 g/mol. The minimum absolute atomic E-state index is 0.331. The van der Waals surface area contributed by atoms with Crippen LogP contribution in [0.15, 0.2) is 60.9 Å². The number of nitriles is 1. The highest BCUT2D eigenvalue weighted by molar-refractivity contribution is 7.10. The fourth-order valence-electron chi connectivity index (χ4n) is 2.85. The van der Waals surface area contributed by atoms with Crippen molar-refractivity contribution in [1.29, 1.82) is 5.26 Å². The summed E-state index contributed by atoms with van der Waals surface area (Å²) in [6.45, 7) is 1.76. The molecule has 0 aliphatic carbocycles. The number of aromatic nitrogens is 3. The second-order valence-corrected chi connectivity index (χ2v) is 7.53. The highest BCUT2D eigenvalue weighted by Gasteiger charge is 2.19. The predicted molar refractivity (Wildman–Crippen MR) is 124 cm³/mol. The number of ether oxygens (including phenoxy) is 2. The van der Waals surface area contributed by atoms with Crippen LogP contribution >= 0.6 is 11.5 Å². The van der Waals surface area contributed by atoms with E-state index in [2.05, 4.69) is 25.0 Å². The molecular formula is C23H18N6O3S. The van der Waals surface area contributed by atoms with Gasteiger partial charge in [-0.25, -0.2) is 9.97 Å². The van der Waals surface area contributed by atoms with Crippen molar-refractivity contribution in [2.75, 3.05) is 17.7 Å². The van der Waals surface area contributed by atoms with E-state index in [4.69, 9.17) is 14.7 Å². The number of anilines is 3. The van der Waals surface area contributed by atoms with Gasteiger partial charge in [0.05, 0.1) is 35.8 Å². The van der Waals surface area contributed by atoms with Crippen LogP contribution in [-0.2, 0) is 0 Å². The zero-order valence-corrected chi connectivity index (χ0v) is 18.5. The van der Waals surface area contributed by atoms with Gasteiger partial charge in [-0.1, -0.05) is 0 Å². The van der Waals surface area contributed by atoms with E-state index in [1.165, 1.54) is 12.4 Å². The van der Waals surface area contributed by atoms with E-state index in [1.54, 1.807) is 62.6 Å². The molecule has 0 radical (unpaired) electrons. The van der Waals surface area contributed by atoms with Crippen molar-refractivity contribution >= 4 is 33.9 Å². The highest BCUT2D eigenvalue weighted by Crippen LogP contribution is 2.29. The number of nitrogens with zero attached hydrogens (tertiary/aromatic N) is 4. The Hall–Kier alpha value is -4.49. The molecule has 0 spiro atoms. The summed E-state index contributed by atoms with van der Waals surface area (Å²) in [5.74, 6) is 1.92. The van der Waals surface area contributed by atoms with Crippen molar-refractivity contribution in [2.24, 2.45) is 0 Å². The van der Waals surface area contributed by atoms with Crippen LogP contribution < -0.4 is 20.1 Å². The van der Waals surface area contributed by atoms with Crippen LogP contribution in [0.1, 0.15) is 21.6 Å². The number of nitrogens with one attached hydrogen (secondary N) is 2. The molecule has 4 rings (SSSR count). The molecule has 0 saturated heterocycles. The molecule has 0 aliphatic heterocycles. The molecule has 3 aromatic heterocycles. The van der Waals surface area contributed by atoms with Gasteiger partial charge in [-0.2, -0.15) is 9.64 Å². The first-order valence-corrected chi connectivity index (χ1v) is 10.5. The number of carbonyl (C=O) groups is 1. The van der Waals surface area contributed by atoms with Crippen LogP contribution in [0, 0.1) is 18.3 Å². The summed E-state index contributed by atoms with van der Waals surface area (Å²) in [7, 11) is 1.60. The van der Waals surface area contributed by atoms with Crippen molar-refractivity contribution in [1.82, 2.24) is 14.3 Å². The van der Waals surface area contributed by atoms with Crippen LogP contribution in [0.3, 0.4) is 0 Å². The Bertz CT molecular complexity index is 1300. The summed E-state index contributed by atoms with van der Waals surface area (Å²) < 4.78 is 15.1. The molecule has 0 unspecified atom stereocenters.